The van der Waals surface area contributed by atoms with E-state index in [1.807, 2.05) is 6.07 Å². The van der Waals surface area contributed by atoms with Crippen molar-refractivity contribution in [3.63, 3.8) is 0 Å². The van der Waals surface area contributed by atoms with Crippen LogP contribution >= 0.6 is 24.8 Å². The number of nitrogens with zero attached hydrogens (tertiary/aromatic N) is 2. The van der Waals surface area contributed by atoms with E-state index >= 15 is 0 Å². The van der Waals surface area contributed by atoms with Crippen LogP contribution in [0, 0.1) is 6.92 Å². The lowest BCUT2D eigenvalue weighted by molar-refractivity contribution is -0.125. The van der Waals surface area contributed by atoms with Gasteiger partial charge in [0.25, 0.3) is 11.8 Å². The number of likely N-dealkylation sites (tertiary alicyclic amines) is 1. The van der Waals surface area contributed by atoms with Gasteiger partial charge in [-0.25, -0.2) is 4.79 Å². The summed E-state index contributed by atoms with van der Waals surface area (Å²) in [4.78, 5) is 43.9. The van der Waals surface area contributed by atoms with Crippen molar-refractivity contribution in [3.8, 4) is 0 Å². The maximum Gasteiger partial charge on any atom is 0.349 e. The Bertz CT molecular complexity index is 901. The summed E-state index contributed by atoms with van der Waals surface area (Å²) in [6.07, 6.45) is 2.92. The molecule has 1 atom stereocenters. The van der Waals surface area contributed by atoms with Gasteiger partial charge in [0.1, 0.15) is 22.7 Å². The van der Waals surface area contributed by atoms with Crippen LogP contribution in [0.15, 0.2) is 20.3 Å². The van der Waals surface area contributed by atoms with E-state index < -0.39 is 11.2 Å². The molecular weight excluding hydrogens is 431 g/mol. The number of hydrogen-bond acceptors (Lipinski definition) is 6. The molecule has 4 rings (SSSR count). The number of nitrogens with one attached hydrogen (secondary N) is 2. The molecule has 30 heavy (non-hydrogen) atoms. The second kappa shape index (κ2) is 9.49. The summed E-state index contributed by atoms with van der Waals surface area (Å²) in [5.74, 6) is 1.01. The fourth-order valence-corrected chi connectivity index (χ4v) is 4.44. The molecule has 3 aliphatic heterocycles. The number of carbonyl (C=O) groups excluding carboxylic acids is 2. The van der Waals surface area contributed by atoms with Crippen LogP contribution in [-0.4, -0.2) is 54.3 Å². The van der Waals surface area contributed by atoms with Gasteiger partial charge in [0.2, 0.25) is 0 Å². The van der Waals surface area contributed by atoms with Gasteiger partial charge in [-0.05, 0) is 57.7 Å². The predicted octanol–water partition coefficient (Wildman–Crippen LogP) is 1.78. The Labute approximate surface area is 187 Å². The van der Waals surface area contributed by atoms with Crippen LogP contribution in [0.1, 0.15) is 60.2 Å². The summed E-state index contributed by atoms with van der Waals surface area (Å²) in [6.45, 7) is 6.09. The van der Waals surface area contributed by atoms with Crippen LogP contribution in [0.3, 0.4) is 0 Å². The van der Waals surface area contributed by atoms with Crippen molar-refractivity contribution in [2.45, 2.75) is 51.0 Å². The smallest absolute Gasteiger partial charge is 0.349 e. The Morgan fingerprint density at radius 3 is 2.47 bits per heavy atom. The highest BCUT2D eigenvalue weighted by Gasteiger charge is 2.45. The Morgan fingerprint density at radius 1 is 1.23 bits per heavy atom. The van der Waals surface area contributed by atoms with Crippen molar-refractivity contribution in [1.29, 1.82) is 0 Å². The third-order valence-corrected chi connectivity index (χ3v) is 6.06. The average molecular weight is 459 g/mol. The van der Waals surface area contributed by atoms with E-state index in [1.54, 1.807) is 18.7 Å². The Morgan fingerprint density at radius 2 is 1.93 bits per heavy atom. The molecule has 166 valence electrons. The van der Waals surface area contributed by atoms with E-state index in [0.717, 1.165) is 25.9 Å². The Hall–Kier alpha value is -1.90. The monoisotopic (exact) mass is 458 g/mol. The molecule has 0 radical (unpaired) electrons. The molecule has 1 spiro atoms. The van der Waals surface area contributed by atoms with E-state index in [9.17, 15) is 14.4 Å². The average Bonchev–Trinajstić information content (AvgIpc) is 2.95. The van der Waals surface area contributed by atoms with E-state index in [-0.39, 0.29) is 48.1 Å². The fourth-order valence-electron chi connectivity index (χ4n) is 4.44. The highest BCUT2D eigenvalue weighted by molar-refractivity contribution is 6.07. The van der Waals surface area contributed by atoms with Gasteiger partial charge in [-0.2, -0.15) is 0 Å². The minimum Gasteiger partial charge on any atom is -0.427 e. The van der Waals surface area contributed by atoms with Gasteiger partial charge in [-0.1, -0.05) is 0 Å². The fraction of sp³-hybridized carbons (Fsp3) is 0.600. The first-order valence-electron chi connectivity index (χ1n) is 9.92. The van der Waals surface area contributed by atoms with Gasteiger partial charge < -0.3 is 20.0 Å². The molecule has 1 aromatic heterocycles. The summed E-state index contributed by atoms with van der Waals surface area (Å²) in [5.41, 5.74) is -0.592. The molecule has 0 bridgehead atoms. The highest BCUT2D eigenvalue weighted by atomic mass is 35.5. The van der Waals surface area contributed by atoms with Crippen LogP contribution in [-0.2, 0) is 4.79 Å². The molecule has 2 fully saturated rings. The lowest BCUT2D eigenvalue weighted by atomic mass is 9.87. The van der Waals surface area contributed by atoms with E-state index in [4.69, 9.17) is 4.42 Å². The molecule has 1 aromatic rings. The summed E-state index contributed by atoms with van der Waals surface area (Å²) in [6, 6.07) is 1.83. The number of amides is 2. The minimum absolute atomic E-state index is 0. The number of halogens is 2. The van der Waals surface area contributed by atoms with Gasteiger partial charge in [-0.3, -0.25) is 14.6 Å². The van der Waals surface area contributed by atoms with Crippen LogP contribution in [0.4, 0.5) is 0 Å². The summed E-state index contributed by atoms with van der Waals surface area (Å²) in [5, 5.41) is 6.06. The molecule has 0 saturated carbocycles. The Balaban J connectivity index is 0.00000160. The number of rotatable bonds is 2. The zero-order valence-corrected chi connectivity index (χ0v) is 18.8. The number of hydrogen-bond donors (Lipinski definition) is 2. The van der Waals surface area contributed by atoms with Gasteiger partial charge >= 0.3 is 5.63 Å². The van der Waals surface area contributed by atoms with Crippen molar-refractivity contribution in [2.24, 2.45) is 4.99 Å². The van der Waals surface area contributed by atoms with Crippen molar-refractivity contribution < 1.29 is 14.0 Å². The highest BCUT2D eigenvalue weighted by Crippen LogP contribution is 2.31. The third-order valence-electron chi connectivity index (χ3n) is 6.06. The van der Waals surface area contributed by atoms with Crippen molar-refractivity contribution >= 4 is 42.5 Å². The minimum atomic E-state index is -0.765. The van der Waals surface area contributed by atoms with Gasteiger partial charge in [-0.15, -0.1) is 24.8 Å². The molecule has 2 amide bonds. The molecule has 2 saturated heterocycles. The topological polar surface area (TPSA) is 104 Å². The molecule has 1 unspecified atom stereocenters. The quantitative estimate of drug-likeness (QED) is 0.702. The van der Waals surface area contributed by atoms with Crippen molar-refractivity contribution in [3.05, 3.63) is 33.4 Å². The van der Waals surface area contributed by atoms with Gasteiger partial charge in [0.05, 0.1) is 0 Å². The third kappa shape index (κ3) is 4.40. The zero-order chi connectivity index (χ0) is 19.9. The molecule has 0 aliphatic carbocycles. The largest absolute Gasteiger partial charge is 0.427 e. The van der Waals surface area contributed by atoms with Crippen LogP contribution in [0.2, 0.25) is 0 Å². The van der Waals surface area contributed by atoms with Crippen LogP contribution in [0.5, 0.6) is 0 Å². The molecule has 3 aliphatic rings. The number of carbonyl (C=O) groups is 2. The van der Waals surface area contributed by atoms with Crippen LogP contribution < -0.4 is 16.3 Å². The lowest BCUT2D eigenvalue weighted by Crippen LogP contribution is -2.51. The molecule has 4 heterocycles. The first-order chi connectivity index (χ1) is 13.4. The van der Waals surface area contributed by atoms with E-state index in [0.29, 0.717) is 43.1 Å². The van der Waals surface area contributed by atoms with Crippen molar-refractivity contribution in [2.75, 3.05) is 26.2 Å². The van der Waals surface area contributed by atoms with Gasteiger partial charge in [0, 0.05) is 25.6 Å². The number of aliphatic imine (C=N–C) groups is 1. The first kappa shape index (κ1) is 24.4. The zero-order valence-electron chi connectivity index (χ0n) is 17.2. The summed E-state index contributed by atoms with van der Waals surface area (Å²) >= 11 is 0. The molecule has 10 heteroatoms. The lowest BCUT2D eigenvalue weighted by Gasteiger charge is -2.35. The molecule has 8 nitrogen and oxygen atoms in total. The molecular formula is C20H28Cl2N4O4. The van der Waals surface area contributed by atoms with E-state index in [1.165, 1.54) is 0 Å². The summed E-state index contributed by atoms with van der Waals surface area (Å²) in [7, 11) is 0. The van der Waals surface area contributed by atoms with E-state index in [2.05, 4.69) is 15.6 Å². The van der Waals surface area contributed by atoms with Gasteiger partial charge in [0.15, 0.2) is 0 Å². The number of piperidine rings is 2. The first-order valence-corrected chi connectivity index (χ1v) is 9.92. The SMILES string of the molecule is CC1=NC2(CCN(C(=O)c3c(C)cc(C4CCCNC4)oc3=O)CC2)C(=O)N1.Cl.Cl. The maximum absolute atomic E-state index is 13.0. The second-order valence-corrected chi connectivity index (χ2v) is 8.01. The number of amidine groups is 1. The Kier molecular flexibility index (Phi) is 7.71. The molecule has 2 N–H and O–H groups in total. The summed E-state index contributed by atoms with van der Waals surface area (Å²) < 4.78 is 5.54. The number of aryl methyl sites for hydroxylation is 1. The predicted molar refractivity (Wildman–Crippen MR) is 118 cm³/mol. The molecule has 0 aromatic carbocycles. The second-order valence-electron chi connectivity index (χ2n) is 8.01. The van der Waals surface area contributed by atoms with Crippen LogP contribution in [0.25, 0.3) is 0 Å². The maximum atomic E-state index is 13.0. The standard InChI is InChI=1S/C20H26N4O4.2ClH/c1-12-10-15(14-4-3-7-21-11-14)28-18(26)16(12)17(25)24-8-5-20(6-9-24)19(27)22-13(2)23-20;;/h10,14,21H,3-9,11H2,1-2H3,(H,22,23,27);2*1H. The normalized spacial score (nSPS) is 22.6. The van der Waals surface area contributed by atoms with Crippen molar-refractivity contribution in [1.82, 2.24) is 15.5 Å².